The third-order valence-corrected chi connectivity index (χ3v) is 4.28. The summed E-state index contributed by atoms with van der Waals surface area (Å²) < 4.78 is 5.90. The summed E-state index contributed by atoms with van der Waals surface area (Å²) in [7, 11) is 0. The Bertz CT molecular complexity index is 484. The molecule has 2 rings (SSSR count). The van der Waals surface area contributed by atoms with Gasteiger partial charge in [0.25, 0.3) is 5.91 Å². The van der Waals surface area contributed by atoms with E-state index in [1.165, 1.54) is 32.1 Å². The van der Waals surface area contributed by atoms with Crippen LogP contribution in [0.1, 0.15) is 57.4 Å². The highest BCUT2D eigenvalue weighted by Crippen LogP contribution is 2.39. The van der Waals surface area contributed by atoms with E-state index in [9.17, 15) is 4.79 Å². The van der Waals surface area contributed by atoms with Crippen molar-refractivity contribution < 1.29 is 9.53 Å². The maximum atomic E-state index is 11.8. The molecule has 1 fully saturated rings. The summed E-state index contributed by atoms with van der Waals surface area (Å²) in [6.45, 7) is 4.30. The van der Waals surface area contributed by atoms with Gasteiger partial charge in [-0.3, -0.25) is 4.79 Å². The second-order valence-corrected chi connectivity index (χ2v) is 6.11. The van der Waals surface area contributed by atoms with Gasteiger partial charge in [0.2, 0.25) is 0 Å². The predicted molar refractivity (Wildman–Crippen MR) is 86.1 cm³/mol. The number of likely N-dealkylation sites (N-methyl/N-ethyl adjacent to an activating group) is 1. The molecule has 0 unspecified atom stereocenters. The number of rotatable bonds is 5. The highest BCUT2D eigenvalue weighted by Gasteiger charge is 2.22. The molecule has 21 heavy (non-hydrogen) atoms. The number of benzene rings is 1. The van der Waals surface area contributed by atoms with Gasteiger partial charge in [0.15, 0.2) is 6.10 Å². The Balaban J connectivity index is 2.16. The lowest BCUT2D eigenvalue weighted by Gasteiger charge is -2.25. The van der Waals surface area contributed by atoms with Gasteiger partial charge in [0, 0.05) is 11.6 Å². The fraction of sp³-hybridized carbons (Fsp3) is 0.588. The average Bonchev–Trinajstić information content (AvgIpc) is 2.50. The molecule has 1 aromatic carbocycles. The molecule has 0 saturated heterocycles. The lowest BCUT2D eigenvalue weighted by Crippen LogP contribution is -2.36. The van der Waals surface area contributed by atoms with Crippen molar-refractivity contribution in [3.05, 3.63) is 28.8 Å². The standard InChI is InChI=1S/C17H24ClNO2/c1-3-19-17(20)12(2)21-16-10-9-14(18)11-15(16)13-7-5-4-6-8-13/h9-13H,3-8H2,1-2H3,(H,19,20)/t12-/m0/s1. The van der Waals surface area contributed by atoms with E-state index in [-0.39, 0.29) is 5.91 Å². The monoisotopic (exact) mass is 309 g/mol. The van der Waals surface area contributed by atoms with Crippen molar-refractivity contribution in [3.63, 3.8) is 0 Å². The summed E-state index contributed by atoms with van der Waals surface area (Å²) in [6, 6.07) is 5.72. The van der Waals surface area contributed by atoms with Gasteiger partial charge in [-0.05, 0) is 56.4 Å². The molecule has 1 N–H and O–H groups in total. The molecule has 0 aliphatic heterocycles. The second kappa shape index (κ2) is 7.69. The molecule has 1 aromatic rings. The number of ether oxygens (including phenoxy) is 1. The van der Waals surface area contributed by atoms with Gasteiger partial charge in [-0.1, -0.05) is 30.9 Å². The average molecular weight is 310 g/mol. The minimum atomic E-state index is -0.492. The van der Waals surface area contributed by atoms with Crippen molar-refractivity contribution in [1.82, 2.24) is 5.32 Å². The number of hydrogen-bond acceptors (Lipinski definition) is 2. The molecule has 1 aliphatic carbocycles. The molecule has 0 bridgehead atoms. The molecular weight excluding hydrogens is 286 g/mol. The van der Waals surface area contributed by atoms with E-state index in [2.05, 4.69) is 5.32 Å². The van der Waals surface area contributed by atoms with Gasteiger partial charge in [0.05, 0.1) is 0 Å². The van der Waals surface area contributed by atoms with Crippen LogP contribution in [0.15, 0.2) is 18.2 Å². The fourth-order valence-corrected chi connectivity index (χ4v) is 3.10. The number of hydrogen-bond donors (Lipinski definition) is 1. The quantitative estimate of drug-likeness (QED) is 0.881. The number of halogens is 1. The Morgan fingerprint density at radius 1 is 1.38 bits per heavy atom. The van der Waals surface area contributed by atoms with Crippen molar-refractivity contribution in [3.8, 4) is 5.75 Å². The van der Waals surface area contributed by atoms with E-state index in [0.29, 0.717) is 12.5 Å². The van der Waals surface area contributed by atoms with Crippen LogP contribution in [0, 0.1) is 0 Å². The molecule has 1 atom stereocenters. The van der Waals surface area contributed by atoms with Crippen LogP contribution >= 0.6 is 11.6 Å². The van der Waals surface area contributed by atoms with E-state index < -0.39 is 6.10 Å². The zero-order valence-electron chi connectivity index (χ0n) is 12.8. The first kappa shape index (κ1) is 16.2. The highest BCUT2D eigenvalue weighted by molar-refractivity contribution is 6.30. The minimum Gasteiger partial charge on any atom is -0.481 e. The zero-order valence-corrected chi connectivity index (χ0v) is 13.6. The summed E-state index contributed by atoms with van der Waals surface area (Å²) in [5.74, 6) is 1.21. The summed E-state index contributed by atoms with van der Waals surface area (Å²) in [4.78, 5) is 11.8. The van der Waals surface area contributed by atoms with Crippen molar-refractivity contribution in [2.24, 2.45) is 0 Å². The Morgan fingerprint density at radius 3 is 2.76 bits per heavy atom. The summed E-state index contributed by atoms with van der Waals surface area (Å²) in [5.41, 5.74) is 1.15. The molecule has 0 heterocycles. The SMILES string of the molecule is CCNC(=O)[C@H](C)Oc1ccc(Cl)cc1C1CCCCC1. The van der Waals surface area contributed by atoms with Crippen LogP contribution < -0.4 is 10.1 Å². The molecule has 0 aromatic heterocycles. The van der Waals surface area contributed by atoms with E-state index in [0.717, 1.165) is 16.3 Å². The predicted octanol–water partition coefficient (Wildman–Crippen LogP) is 4.29. The molecule has 116 valence electrons. The molecule has 1 saturated carbocycles. The van der Waals surface area contributed by atoms with E-state index in [4.69, 9.17) is 16.3 Å². The molecule has 4 heteroatoms. The number of carbonyl (C=O) groups is 1. The summed E-state index contributed by atoms with van der Waals surface area (Å²) in [5, 5.41) is 3.52. The molecular formula is C17H24ClNO2. The van der Waals surface area contributed by atoms with E-state index in [1.54, 1.807) is 6.92 Å². The molecule has 1 amide bonds. The van der Waals surface area contributed by atoms with Crippen LogP contribution in [0.5, 0.6) is 5.75 Å². The first-order valence-electron chi connectivity index (χ1n) is 7.85. The first-order chi connectivity index (χ1) is 10.1. The van der Waals surface area contributed by atoms with Gasteiger partial charge in [-0.2, -0.15) is 0 Å². The number of nitrogens with one attached hydrogen (secondary N) is 1. The van der Waals surface area contributed by atoms with Gasteiger partial charge < -0.3 is 10.1 Å². The van der Waals surface area contributed by atoms with Gasteiger partial charge in [-0.15, -0.1) is 0 Å². The lowest BCUT2D eigenvalue weighted by atomic mass is 9.83. The maximum Gasteiger partial charge on any atom is 0.260 e. The Labute approximate surface area is 132 Å². The molecule has 0 spiro atoms. The van der Waals surface area contributed by atoms with E-state index in [1.807, 2.05) is 25.1 Å². The third kappa shape index (κ3) is 4.37. The van der Waals surface area contributed by atoms with Gasteiger partial charge in [-0.25, -0.2) is 0 Å². The normalized spacial score (nSPS) is 17.3. The van der Waals surface area contributed by atoms with Crippen LogP contribution in [0.4, 0.5) is 0 Å². The van der Waals surface area contributed by atoms with Gasteiger partial charge in [0.1, 0.15) is 5.75 Å². The summed E-state index contributed by atoms with van der Waals surface area (Å²) >= 11 is 6.15. The van der Waals surface area contributed by atoms with Crippen molar-refractivity contribution in [2.75, 3.05) is 6.54 Å². The van der Waals surface area contributed by atoms with Gasteiger partial charge >= 0.3 is 0 Å². The van der Waals surface area contributed by atoms with Crippen LogP contribution in [0.2, 0.25) is 5.02 Å². The fourth-order valence-electron chi connectivity index (χ4n) is 2.92. The Morgan fingerprint density at radius 2 is 2.10 bits per heavy atom. The summed E-state index contributed by atoms with van der Waals surface area (Å²) in [6.07, 6.45) is 5.67. The third-order valence-electron chi connectivity index (χ3n) is 4.04. The smallest absolute Gasteiger partial charge is 0.260 e. The number of carbonyl (C=O) groups excluding carboxylic acids is 1. The highest BCUT2D eigenvalue weighted by atomic mass is 35.5. The topological polar surface area (TPSA) is 38.3 Å². The van der Waals surface area contributed by atoms with Crippen molar-refractivity contribution >= 4 is 17.5 Å². The molecule has 1 aliphatic rings. The van der Waals surface area contributed by atoms with Crippen LogP contribution in [-0.4, -0.2) is 18.6 Å². The van der Waals surface area contributed by atoms with Crippen molar-refractivity contribution in [1.29, 1.82) is 0 Å². The second-order valence-electron chi connectivity index (χ2n) is 5.67. The molecule has 3 nitrogen and oxygen atoms in total. The largest absolute Gasteiger partial charge is 0.481 e. The maximum absolute atomic E-state index is 11.8. The first-order valence-corrected chi connectivity index (χ1v) is 8.23. The van der Waals surface area contributed by atoms with Crippen molar-refractivity contribution in [2.45, 2.75) is 58.0 Å². The lowest BCUT2D eigenvalue weighted by molar-refractivity contribution is -0.127. The Hall–Kier alpha value is -1.22. The molecule has 0 radical (unpaired) electrons. The minimum absolute atomic E-state index is 0.0814. The zero-order chi connectivity index (χ0) is 15.2. The van der Waals surface area contributed by atoms with Crippen LogP contribution in [0.3, 0.4) is 0 Å². The van der Waals surface area contributed by atoms with Crippen LogP contribution in [-0.2, 0) is 4.79 Å². The van der Waals surface area contributed by atoms with E-state index >= 15 is 0 Å². The van der Waals surface area contributed by atoms with Crippen LogP contribution in [0.25, 0.3) is 0 Å². The number of amides is 1. The Kier molecular flexibility index (Phi) is 5.92.